The van der Waals surface area contributed by atoms with Crippen molar-refractivity contribution in [2.45, 2.75) is 54.4 Å². The smallest absolute Gasteiger partial charge is 0.163 e. The molecule has 0 aliphatic carbocycles. The first-order chi connectivity index (χ1) is 8.60. The molecule has 19 heavy (non-hydrogen) atoms. The summed E-state index contributed by atoms with van der Waals surface area (Å²) in [5.74, 6) is 0.250. The van der Waals surface area contributed by atoms with Gasteiger partial charge in [0.25, 0.3) is 0 Å². The molecule has 0 radical (unpaired) electrons. The molecule has 0 amide bonds. The molecule has 0 heterocycles. The van der Waals surface area contributed by atoms with Gasteiger partial charge < -0.3 is 0 Å². The molecular weight excluding hydrogens is 239 g/mol. The molecular formula is C17H25FO. The van der Waals surface area contributed by atoms with Crippen LogP contribution in [0.5, 0.6) is 0 Å². The zero-order valence-corrected chi connectivity index (χ0v) is 12.9. The van der Waals surface area contributed by atoms with E-state index in [4.69, 9.17) is 0 Å². The van der Waals surface area contributed by atoms with Crippen LogP contribution in [0.25, 0.3) is 0 Å². The molecule has 106 valence electrons. The lowest BCUT2D eigenvalue weighted by Crippen LogP contribution is -2.14. The van der Waals surface area contributed by atoms with Gasteiger partial charge in [-0.2, -0.15) is 0 Å². The molecule has 0 saturated heterocycles. The van der Waals surface area contributed by atoms with Crippen molar-refractivity contribution in [3.05, 3.63) is 34.6 Å². The molecule has 1 aromatic carbocycles. The number of benzene rings is 1. The number of hydrogen-bond donors (Lipinski definition) is 0. The summed E-state index contributed by atoms with van der Waals surface area (Å²) in [4.78, 5) is 12.2. The van der Waals surface area contributed by atoms with Gasteiger partial charge in [-0.05, 0) is 54.9 Å². The van der Waals surface area contributed by atoms with Crippen molar-refractivity contribution in [2.75, 3.05) is 0 Å². The molecule has 0 aromatic heterocycles. The van der Waals surface area contributed by atoms with E-state index in [1.807, 2.05) is 0 Å². The van der Waals surface area contributed by atoms with Crippen molar-refractivity contribution in [1.82, 2.24) is 0 Å². The van der Waals surface area contributed by atoms with E-state index < -0.39 is 0 Å². The fraction of sp³-hybridized carbons (Fsp3) is 0.588. The fourth-order valence-corrected chi connectivity index (χ4v) is 2.66. The third-order valence-electron chi connectivity index (χ3n) is 3.25. The molecule has 0 N–H and O–H groups in total. The second-order valence-corrected chi connectivity index (χ2v) is 6.92. The second-order valence-electron chi connectivity index (χ2n) is 6.92. The number of ketones is 1. The van der Waals surface area contributed by atoms with E-state index >= 15 is 0 Å². The lowest BCUT2D eigenvalue weighted by Gasteiger charge is -2.22. The van der Waals surface area contributed by atoms with E-state index in [1.54, 1.807) is 26.0 Å². The Morgan fingerprint density at radius 3 is 2.11 bits per heavy atom. The predicted molar refractivity (Wildman–Crippen MR) is 78.1 cm³/mol. The van der Waals surface area contributed by atoms with Crippen LogP contribution in [-0.2, 0) is 0 Å². The molecule has 0 fully saturated rings. The Morgan fingerprint density at radius 1 is 1.21 bits per heavy atom. The highest BCUT2D eigenvalue weighted by atomic mass is 19.1. The minimum absolute atomic E-state index is 0.114. The Bertz CT molecular complexity index is 446. The van der Waals surface area contributed by atoms with Gasteiger partial charge in [0.2, 0.25) is 0 Å². The maximum absolute atomic E-state index is 13.5. The summed E-state index contributed by atoms with van der Waals surface area (Å²) in [7, 11) is 0. The van der Waals surface area contributed by atoms with Crippen molar-refractivity contribution in [3.8, 4) is 0 Å². The molecule has 0 saturated carbocycles. The van der Waals surface area contributed by atoms with Crippen LogP contribution in [-0.4, -0.2) is 5.78 Å². The standard InChI is InChI=1S/C17H25FO/c1-11(10-17(4,5)6)7-15(19)14-8-12(2)16(18)13(3)9-14/h8-9,11H,7,10H2,1-6H3. The largest absolute Gasteiger partial charge is 0.294 e. The number of carbonyl (C=O) groups excluding carboxylic acids is 1. The Labute approximate surface area is 116 Å². The molecule has 1 atom stereocenters. The van der Waals surface area contributed by atoms with E-state index in [0.717, 1.165) is 6.42 Å². The van der Waals surface area contributed by atoms with E-state index in [0.29, 0.717) is 29.0 Å². The number of hydrogen-bond acceptors (Lipinski definition) is 1. The van der Waals surface area contributed by atoms with Crippen LogP contribution in [0.15, 0.2) is 12.1 Å². The van der Waals surface area contributed by atoms with Crippen molar-refractivity contribution in [1.29, 1.82) is 0 Å². The van der Waals surface area contributed by atoms with Gasteiger partial charge in [0, 0.05) is 12.0 Å². The van der Waals surface area contributed by atoms with Crippen LogP contribution in [0.2, 0.25) is 0 Å². The zero-order chi connectivity index (χ0) is 14.8. The summed E-state index contributed by atoms with van der Waals surface area (Å²) < 4.78 is 13.5. The maximum atomic E-state index is 13.5. The van der Waals surface area contributed by atoms with Crippen LogP contribution >= 0.6 is 0 Å². The van der Waals surface area contributed by atoms with Gasteiger partial charge in [0.1, 0.15) is 5.82 Å². The van der Waals surface area contributed by atoms with Gasteiger partial charge in [0.15, 0.2) is 5.78 Å². The molecule has 0 spiro atoms. The van der Waals surface area contributed by atoms with Crippen LogP contribution in [0.3, 0.4) is 0 Å². The summed E-state index contributed by atoms with van der Waals surface area (Å²) in [6, 6.07) is 3.32. The summed E-state index contributed by atoms with van der Waals surface area (Å²) in [5.41, 5.74) is 1.96. The monoisotopic (exact) mass is 264 g/mol. The molecule has 1 rings (SSSR count). The molecule has 1 unspecified atom stereocenters. The molecule has 1 aromatic rings. The number of Topliss-reactive ketones (excluding diaryl/α,β-unsaturated/α-hetero) is 1. The predicted octanol–water partition coefficient (Wildman–Crippen LogP) is 5.09. The minimum atomic E-state index is -0.209. The van der Waals surface area contributed by atoms with Gasteiger partial charge >= 0.3 is 0 Å². The lowest BCUT2D eigenvalue weighted by atomic mass is 9.83. The van der Waals surface area contributed by atoms with Crippen LogP contribution in [0, 0.1) is 31.0 Å². The average Bonchev–Trinajstić information content (AvgIpc) is 2.22. The third-order valence-corrected chi connectivity index (χ3v) is 3.25. The summed E-state index contributed by atoms with van der Waals surface area (Å²) >= 11 is 0. The van der Waals surface area contributed by atoms with E-state index in [1.165, 1.54) is 0 Å². The highest BCUT2D eigenvalue weighted by molar-refractivity contribution is 5.96. The van der Waals surface area contributed by atoms with E-state index in [2.05, 4.69) is 27.7 Å². The van der Waals surface area contributed by atoms with Gasteiger partial charge in [-0.25, -0.2) is 4.39 Å². The summed E-state index contributed by atoms with van der Waals surface area (Å²) in [5, 5.41) is 0. The Kier molecular flexibility index (Phi) is 4.89. The fourth-order valence-electron chi connectivity index (χ4n) is 2.66. The topological polar surface area (TPSA) is 17.1 Å². The Morgan fingerprint density at radius 2 is 1.68 bits per heavy atom. The van der Waals surface area contributed by atoms with Gasteiger partial charge in [-0.3, -0.25) is 4.79 Å². The first kappa shape index (κ1) is 15.9. The Balaban J connectivity index is 2.79. The summed E-state index contributed by atoms with van der Waals surface area (Å²) in [6.07, 6.45) is 1.54. The zero-order valence-electron chi connectivity index (χ0n) is 12.9. The first-order valence-electron chi connectivity index (χ1n) is 6.90. The number of halogens is 1. The third kappa shape index (κ3) is 4.77. The number of carbonyl (C=O) groups is 1. The normalized spacial score (nSPS) is 13.4. The van der Waals surface area contributed by atoms with Crippen molar-refractivity contribution < 1.29 is 9.18 Å². The SMILES string of the molecule is Cc1cc(C(=O)CC(C)CC(C)(C)C)cc(C)c1F. The molecule has 1 nitrogen and oxygen atoms in total. The average molecular weight is 264 g/mol. The van der Waals surface area contributed by atoms with Crippen LogP contribution < -0.4 is 0 Å². The first-order valence-corrected chi connectivity index (χ1v) is 6.90. The van der Waals surface area contributed by atoms with Crippen molar-refractivity contribution in [2.24, 2.45) is 11.3 Å². The summed E-state index contributed by atoms with van der Waals surface area (Å²) in [6.45, 7) is 12.1. The molecule has 0 aliphatic heterocycles. The quantitative estimate of drug-likeness (QED) is 0.692. The minimum Gasteiger partial charge on any atom is -0.294 e. The number of rotatable bonds is 4. The van der Waals surface area contributed by atoms with Gasteiger partial charge in [-0.1, -0.05) is 27.7 Å². The van der Waals surface area contributed by atoms with Crippen LogP contribution in [0.1, 0.15) is 62.0 Å². The van der Waals surface area contributed by atoms with Gasteiger partial charge in [-0.15, -0.1) is 0 Å². The highest BCUT2D eigenvalue weighted by Gasteiger charge is 2.19. The second kappa shape index (κ2) is 5.85. The van der Waals surface area contributed by atoms with Gasteiger partial charge in [0.05, 0.1) is 0 Å². The molecule has 2 heteroatoms. The van der Waals surface area contributed by atoms with Crippen molar-refractivity contribution >= 4 is 5.78 Å². The Hall–Kier alpha value is -1.18. The van der Waals surface area contributed by atoms with Crippen LogP contribution in [0.4, 0.5) is 4.39 Å². The van der Waals surface area contributed by atoms with E-state index in [-0.39, 0.29) is 17.0 Å². The lowest BCUT2D eigenvalue weighted by molar-refractivity contribution is 0.0954. The molecule has 0 aliphatic rings. The molecule has 0 bridgehead atoms. The number of aryl methyl sites for hydroxylation is 2. The van der Waals surface area contributed by atoms with E-state index in [9.17, 15) is 9.18 Å². The van der Waals surface area contributed by atoms with Crippen molar-refractivity contribution in [3.63, 3.8) is 0 Å². The highest BCUT2D eigenvalue weighted by Crippen LogP contribution is 2.27. The maximum Gasteiger partial charge on any atom is 0.163 e.